The van der Waals surface area contributed by atoms with Crippen molar-refractivity contribution < 1.29 is 39.9 Å². The number of carboxylic acid groups (broad SMARTS) is 1. The molecule has 0 aliphatic carbocycles. The summed E-state index contributed by atoms with van der Waals surface area (Å²) in [6, 6.07) is -1.21. The highest BCUT2D eigenvalue weighted by molar-refractivity contribution is 5.76. The lowest BCUT2D eigenvalue weighted by atomic mass is 9.88. The number of aliphatic hydroxyl groups excluding tert-OH is 3. The number of ether oxygens (including phenoxy) is 1. The van der Waals surface area contributed by atoms with E-state index >= 15 is 0 Å². The van der Waals surface area contributed by atoms with Crippen molar-refractivity contribution in [1.29, 1.82) is 0 Å². The van der Waals surface area contributed by atoms with E-state index in [-0.39, 0.29) is 6.54 Å². The second kappa shape index (κ2) is 6.64. The Labute approximate surface area is 120 Å². The first kappa shape index (κ1) is 17.8. The molecule has 1 aliphatic heterocycles. The number of hydrogen-bond donors (Lipinski definition) is 7. The second-order valence-electron chi connectivity index (χ2n) is 4.96. The molecular weight excluding hydrogens is 288 g/mol. The van der Waals surface area contributed by atoms with Crippen LogP contribution in [0.25, 0.3) is 0 Å². The fourth-order valence-corrected chi connectivity index (χ4v) is 2.17. The smallest absolute Gasteiger partial charge is 0.364 e. The summed E-state index contributed by atoms with van der Waals surface area (Å²) in [7, 11) is 0. The van der Waals surface area contributed by atoms with E-state index in [0.717, 1.165) is 6.92 Å². The van der Waals surface area contributed by atoms with Crippen LogP contribution >= 0.6 is 0 Å². The number of amides is 1. The summed E-state index contributed by atoms with van der Waals surface area (Å²) in [4.78, 5) is 22.2. The zero-order valence-electron chi connectivity index (χ0n) is 11.3. The van der Waals surface area contributed by atoms with Gasteiger partial charge in [-0.3, -0.25) is 4.79 Å². The van der Waals surface area contributed by atoms with Crippen LogP contribution in [0.15, 0.2) is 0 Å². The van der Waals surface area contributed by atoms with Crippen LogP contribution in [-0.4, -0.2) is 80.2 Å². The van der Waals surface area contributed by atoms with Crippen LogP contribution in [-0.2, 0) is 14.3 Å². The Hall–Kier alpha value is -1.30. The van der Waals surface area contributed by atoms with Crippen molar-refractivity contribution in [1.82, 2.24) is 5.32 Å². The third kappa shape index (κ3) is 3.87. The quantitative estimate of drug-likeness (QED) is 0.267. The van der Waals surface area contributed by atoms with Gasteiger partial charge in [0.2, 0.25) is 5.91 Å². The lowest BCUT2D eigenvalue weighted by molar-refractivity contribution is -0.294. The average Bonchev–Trinajstić information content (AvgIpc) is 2.39. The van der Waals surface area contributed by atoms with Crippen LogP contribution in [0.4, 0.5) is 0 Å². The number of aliphatic hydroxyl groups is 4. The van der Waals surface area contributed by atoms with E-state index in [9.17, 15) is 30.0 Å². The minimum atomic E-state index is -2.74. The average molecular weight is 308 g/mol. The SMILES string of the molecule is CC(=O)N[C@@H]1C(O)CC(O)(C(=O)O)OC1[C@H](O)[C@H](O)CN. The van der Waals surface area contributed by atoms with Crippen molar-refractivity contribution in [2.24, 2.45) is 5.73 Å². The van der Waals surface area contributed by atoms with Gasteiger partial charge in [0, 0.05) is 19.9 Å². The first-order valence-corrected chi connectivity index (χ1v) is 6.27. The highest BCUT2D eigenvalue weighted by Crippen LogP contribution is 2.30. The fraction of sp³-hybridized carbons (Fsp3) is 0.818. The molecule has 0 spiro atoms. The van der Waals surface area contributed by atoms with Gasteiger partial charge in [0.05, 0.1) is 18.2 Å². The molecule has 0 bridgehead atoms. The van der Waals surface area contributed by atoms with Crippen LogP contribution in [0.3, 0.4) is 0 Å². The summed E-state index contributed by atoms with van der Waals surface area (Å²) in [6.07, 6.45) is -6.98. The molecule has 10 nitrogen and oxygen atoms in total. The Bertz CT molecular complexity index is 406. The zero-order chi connectivity index (χ0) is 16.4. The molecule has 0 saturated carbocycles. The largest absolute Gasteiger partial charge is 0.477 e. The zero-order valence-corrected chi connectivity index (χ0v) is 11.3. The lowest BCUT2D eigenvalue weighted by Gasteiger charge is -2.44. The number of rotatable bonds is 5. The van der Waals surface area contributed by atoms with Gasteiger partial charge in [-0.15, -0.1) is 0 Å². The molecule has 0 aromatic carbocycles. The van der Waals surface area contributed by atoms with Crippen LogP contribution in [0.5, 0.6) is 0 Å². The summed E-state index contributed by atoms with van der Waals surface area (Å²) >= 11 is 0. The summed E-state index contributed by atoms with van der Waals surface area (Å²) in [5, 5.41) is 50.5. The predicted molar refractivity (Wildman–Crippen MR) is 66.8 cm³/mol. The molecule has 1 saturated heterocycles. The van der Waals surface area contributed by atoms with Gasteiger partial charge in [-0.2, -0.15) is 0 Å². The monoisotopic (exact) mass is 308 g/mol. The molecular formula is C11H20N2O8. The number of carboxylic acids is 1. The molecule has 1 heterocycles. The maximum Gasteiger partial charge on any atom is 0.364 e. The number of carbonyl (C=O) groups excluding carboxylic acids is 1. The normalized spacial score (nSPS) is 35.8. The molecule has 10 heteroatoms. The van der Waals surface area contributed by atoms with E-state index in [2.05, 4.69) is 5.32 Å². The van der Waals surface area contributed by atoms with E-state index in [1.165, 1.54) is 0 Å². The highest BCUT2D eigenvalue weighted by Gasteiger charge is 2.53. The molecule has 3 unspecified atom stereocenters. The maximum absolute atomic E-state index is 11.1. The lowest BCUT2D eigenvalue weighted by Crippen LogP contribution is -2.67. The molecule has 0 radical (unpaired) electrons. The molecule has 0 aromatic heterocycles. The van der Waals surface area contributed by atoms with Gasteiger partial charge in [0.25, 0.3) is 5.79 Å². The molecule has 1 amide bonds. The van der Waals surface area contributed by atoms with E-state index in [0.29, 0.717) is 0 Å². The van der Waals surface area contributed by atoms with Gasteiger partial charge in [0.15, 0.2) is 0 Å². The fourth-order valence-electron chi connectivity index (χ4n) is 2.17. The van der Waals surface area contributed by atoms with Crippen LogP contribution in [0.2, 0.25) is 0 Å². The standard InChI is InChI=1S/C11H20N2O8/c1-4(14)13-7-5(15)2-11(20,10(18)19)21-9(7)8(17)6(16)3-12/h5-9,15-17,20H,2-3,12H2,1H3,(H,13,14)(H,18,19)/t5?,6-,7-,8-,9?,11?/m1/s1. The molecule has 1 rings (SSSR count). The Morgan fingerprint density at radius 3 is 2.48 bits per heavy atom. The van der Waals surface area contributed by atoms with Crippen molar-refractivity contribution in [3.8, 4) is 0 Å². The maximum atomic E-state index is 11.1. The Kier molecular flexibility index (Phi) is 5.61. The van der Waals surface area contributed by atoms with Gasteiger partial charge in [-0.25, -0.2) is 4.79 Å². The minimum Gasteiger partial charge on any atom is -0.477 e. The molecule has 8 N–H and O–H groups in total. The van der Waals surface area contributed by atoms with Gasteiger partial charge in [-0.1, -0.05) is 0 Å². The van der Waals surface area contributed by atoms with E-state index < -0.39 is 54.5 Å². The summed E-state index contributed by atoms with van der Waals surface area (Å²) in [5.74, 6) is -5.07. The number of nitrogens with one attached hydrogen (secondary N) is 1. The van der Waals surface area contributed by atoms with Crippen molar-refractivity contribution in [2.45, 2.75) is 49.6 Å². The number of carbonyl (C=O) groups is 2. The van der Waals surface area contributed by atoms with Gasteiger partial charge >= 0.3 is 5.97 Å². The first-order chi connectivity index (χ1) is 9.62. The van der Waals surface area contributed by atoms with Gasteiger partial charge in [-0.05, 0) is 0 Å². The summed E-state index contributed by atoms with van der Waals surface area (Å²) in [6.45, 7) is 0.781. The van der Waals surface area contributed by atoms with Crippen molar-refractivity contribution in [2.75, 3.05) is 6.54 Å². The highest BCUT2D eigenvalue weighted by atomic mass is 16.7. The van der Waals surface area contributed by atoms with Crippen molar-refractivity contribution in [3.63, 3.8) is 0 Å². The third-order valence-electron chi connectivity index (χ3n) is 3.26. The van der Waals surface area contributed by atoms with Crippen LogP contribution in [0, 0.1) is 0 Å². The summed E-state index contributed by atoms with van der Waals surface area (Å²) < 4.78 is 4.92. The number of hydrogen-bond acceptors (Lipinski definition) is 8. The van der Waals surface area contributed by atoms with Crippen molar-refractivity contribution in [3.05, 3.63) is 0 Å². The van der Waals surface area contributed by atoms with Crippen LogP contribution in [0.1, 0.15) is 13.3 Å². The van der Waals surface area contributed by atoms with Gasteiger partial charge in [0.1, 0.15) is 12.2 Å². The molecule has 21 heavy (non-hydrogen) atoms. The van der Waals surface area contributed by atoms with Crippen molar-refractivity contribution >= 4 is 11.9 Å². The van der Waals surface area contributed by atoms with E-state index in [1.54, 1.807) is 0 Å². The third-order valence-corrected chi connectivity index (χ3v) is 3.26. The number of nitrogens with two attached hydrogens (primary N) is 1. The Balaban J connectivity index is 3.07. The topological polar surface area (TPSA) is 183 Å². The predicted octanol–water partition coefficient (Wildman–Crippen LogP) is -3.91. The van der Waals surface area contributed by atoms with Crippen LogP contribution < -0.4 is 11.1 Å². The molecule has 6 atom stereocenters. The van der Waals surface area contributed by atoms with Gasteiger partial charge < -0.3 is 41.3 Å². The Morgan fingerprint density at radius 1 is 1.48 bits per heavy atom. The number of aliphatic carboxylic acids is 1. The molecule has 122 valence electrons. The van der Waals surface area contributed by atoms with E-state index in [4.69, 9.17) is 15.6 Å². The molecule has 0 aromatic rings. The second-order valence-corrected chi connectivity index (χ2v) is 4.96. The minimum absolute atomic E-state index is 0.366. The summed E-state index contributed by atoms with van der Waals surface area (Å²) in [5.41, 5.74) is 5.19. The first-order valence-electron chi connectivity index (χ1n) is 6.27. The molecule has 1 aliphatic rings. The van der Waals surface area contributed by atoms with E-state index in [1.807, 2.05) is 0 Å². The Morgan fingerprint density at radius 2 is 2.05 bits per heavy atom. The molecule has 1 fully saturated rings.